The van der Waals surface area contributed by atoms with E-state index < -0.39 is 0 Å². The lowest BCUT2D eigenvalue weighted by Gasteiger charge is -2.26. The first-order valence-electron chi connectivity index (χ1n) is 7.63. The van der Waals surface area contributed by atoms with Gasteiger partial charge < -0.3 is 5.73 Å². The maximum absolute atomic E-state index is 6.35. The second-order valence-corrected chi connectivity index (χ2v) is 6.09. The van der Waals surface area contributed by atoms with Crippen LogP contribution in [0.15, 0.2) is 48.5 Å². The van der Waals surface area contributed by atoms with Crippen molar-refractivity contribution in [1.82, 2.24) is 0 Å². The van der Waals surface area contributed by atoms with Crippen LogP contribution >= 0.6 is 0 Å². The third-order valence-corrected chi connectivity index (χ3v) is 4.48. The first kappa shape index (κ1) is 13.4. The van der Waals surface area contributed by atoms with Crippen LogP contribution in [0, 0.1) is 6.92 Å². The molecule has 1 nitrogen and oxygen atoms in total. The van der Waals surface area contributed by atoms with Gasteiger partial charge in [0, 0.05) is 6.04 Å². The zero-order chi connectivity index (χ0) is 13.9. The molecule has 1 aliphatic rings. The fraction of sp³-hybridized carbons (Fsp3) is 0.368. The normalized spacial score (nSPS) is 16.7. The third kappa shape index (κ3) is 2.94. The summed E-state index contributed by atoms with van der Waals surface area (Å²) in [6.07, 6.45) is 5.01. The Kier molecular flexibility index (Phi) is 3.88. The molecule has 0 amide bonds. The Balaban J connectivity index is 1.68. The number of benzene rings is 2. The molecule has 1 aliphatic carbocycles. The van der Waals surface area contributed by atoms with Crippen molar-refractivity contribution in [3.05, 3.63) is 70.8 Å². The zero-order valence-electron chi connectivity index (χ0n) is 12.2. The summed E-state index contributed by atoms with van der Waals surface area (Å²) >= 11 is 0. The van der Waals surface area contributed by atoms with Crippen molar-refractivity contribution in [2.24, 2.45) is 5.73 Å². The van der Waals surface area contributed by atoms with E-state index in [4.69, 9.17) is 5.73 Å². The largest absolute Gasteiger partial charge is 0.324 e. The molecule has 0 aromatic heterocycles. The van der Waals surface area contributed by atoms with Crippen molar-refractivity contribution in [3.63, 3.8) is 0 Å². The molecule has 2 aromatic rings. The number of hydrogen-bond donors (Lipinski definition) is 1. The van der Waals surface area contributed by atoms with Crippen LogP contribution in [0.1, 0.15) is 53.5 Å². The lowest BCUT2D eigenvalue weighted by atomic mass is 9.80. The quantitative estimate of drug-likeness (QED) is 0.865. The highest BCUT2D eigenvalue weighted by Crippen LogP contribution is 2.36. The van der Waals surface area contributed by atoms with Gasteiger partial charge in [0.1, 0.15) is 0 Å². The van der Waals surface area contributed by atoms with Crippen molar-refractivity contribution in [2.45, 2.75) is 44.6 Å². The van der Waals surface area contributed by atoms with Gasteiger partial charge in [-0.1, -0.05) is 60.5 Å². The fourth-order valence-electron chi connectivity index (χ4n) is 2.97. The summed E-state index contributed by atoms with van der Waals surface area (Å²) in [6.45, 7) is 2.13. The van der Waals surface area contributed by atoms with Crippen LogP contribution in [0.3, 0.4) is 0 Å². The predicted octanol–water partition coefficient (Wildman–Crippen LogP) is 4.51. The van der Waals surface area contributed by atoms with Gasteiger partial charge in [-0.25, -0.2) is 0 Å². The van der Waals surface area contributed by atoms with E-state index in [-0.39, 0.29) is 6.04 Å². The molecule has 2 N–H and O–H groups in total. The molecule has 20 heavy (non-hydrogen) atoms. The predicted molar refractivity (Wildman–Crippen MR) is 84.8 cm³/mol. The Morgan fingerprint density at radius 3 is 2.45 bits per heavy atom. The number of nitrogens with two attached hydrogens (primary N) is 1. The van der Waals surface area contributed by atoms with Crippen LogP contribution in [0.5, 0.6) is 0 Å². The minimum absolute atomic E-state index is 0.0900. The summed E-state index contributed by atoms with van der Waals surface area (Å²) in [5, 5.41) is 0. The zero-order valence-corrected chi connectivity index (χ0v) is 12.2. The highest BCUT2D eigenvalue weighted by Gasteiger charge is 2.19. The second-order valence-electron chi connectivity index (χ2n) is 6.09. The van der Waals surface area contributed by atoms with E-state index in [1.165, 1.54) is 41.5 Å². The van der Waals surface area contributed by atoms with Gasteiger partial charge in [-0.15, -0.1) is 0 Å². The maximum Gasteiger partial charge on any atom is 0.0335 e. The van der Waals surface area contributed by atoms with Crippen LogP contribution in [-0.4, -0.2) is 0 Å². The van der Waals surface area contributed by atoms with E-state index in [0.717, 1.165) is 12.3 Å². The van der Waals surface area contributed by atoms with Gasteiger partial charge in [-0.05, 0) is 48.8 Å². The van der Waals surface area contributed by atoms with Gasteiger partial charge in [0.05, 0.1) is 0 Å². The van der Waals surface area contributed by atoms with Crippen LogP contribution in [0.25, 0.3) is 0 Å². The molecule has 1 saturated carbocycles. The van der Waals surface area contributed by atoms with Gasteiger partial charge in [-0.2, -0.15) is 0 Å². The average molecular weight is 265 g/mol. The topological polar surface area (TPSA) is 26.0 Å². The van der Waals surface area contributed by atoms with Crippen molar-refractivity contribution in [2.75, 3.05) is 0 Å². The molecular weight excluding hydrogens is 242 g/mol. The summed E-state index contributed by atoms with van der Waals surface area (Å²) in [6, 6.07) is 17.7. The molecular formula is C19H23N. The highest BCUT2D eigenvalue weighted by molar-refractivity contribution is 5.30. The minimum Gasteiger partial charge on any atom is -0.324 e. The maximum atomic E-state index is 6.35. The smallest absolute Gasteiger partial charge is 0.0335 e. The van der Waals surface area contributed by atoms with Crippen molar-refractivity contribution in [1.29, 1.82) is 0 Å². The Labute approximate surface area is 121 Å². The third-order valence-electron chi connectivity index (χ3n) is 4.48. The van der Waals surface area contributed by atoms with Crippen LogP contribution in [-0.2, 0) is 6.42 Å². The van der Waals surface area contributed by atoms with Gasteiger partial charge in [-0.3, -0.25) is 0 Å². The number of rotatable bonds is 4. The Morgan fingerprint density at radius 2 is 1.85 bits per heavy atom. The summed E-state index contributed by atoms with van der Waals surface area (Å²) in [5.74, 6) is 0.803. The molecule has 1 unspecified atom stereocenters. The number of aryl methyl sites for hydroxylation is 1. The van der Waals surface area contributed by atoms with Gasteiger partial charge in [0.2, 0.25) is 0 Å². The second kappa shape index (κ2) is 5.80. The van der Waals surface area contributed by atoms with E-state index in [9.17, 15) is 0 Å². The van der Waals surface area contributed by atoms with Crippen molar-refractivity contribution in [3.8, 4) is 0 Å². The standard InChI is InChI=1S/C19H23N/c1-14-4-2-5-15(12-14)13-19(20)18-10-8-17(9-11-18)16-6-3-7-16/h2,4-5,8-12,16,19H,3,6-7,13,20H2,1H3. The van der Waals surface area contributed by atoms with Crippen LogP contribution in [0.2, 0.25) is 0 Å². The molecule has 0 spiro atoms. The van der Waals surface area contributed by atoms with Gasteiger partial charge >= 0.3 is 0 Å². The van der Waals surface area contributed by atoms with E-state index >= 15 is 0 Å². The molecule has 0 saturated heterocycles. The molecule has 1 atom stereocenters. The Morgan fingerprint density at radius 1 is 1.10 bits per heavy atom. The first-order valence-corrected chi connectivity index (χ1v) is 7.63. The lowest BCUT2D eigenvalue weighted by Crippen LogP contribution is -2.14. The van der Waals surface area contributed by atoms with Crippen molar-refractivity contribution < 1.29 is 0 Å². The van der Waals surface area contributed by atoms with E-state index in [2.05, 4.69) is 55.5 Å². The molecule has 104 valence electrons. The van der Waals surface area contributed by atoms with E-state index in [0.29, 0.717) is 0 Å². The molecule has 0 radical (unpaired) electrons. The fourth-order valence-corrected chi connectivity index (χ4v) is 2.97. The number of hydrogen-bond acceptors (Lipinski definition) is 1. The monoisotopic (exact) mass is 265 g/mol. The van der Waals surface area contributed by atoms with Gasteiger partial charge in [0.15, 0.2) is 0 Å². The SMILES string of the molecule is Cc1cccc(CC(N)c2ccc(C3CCC3)cc2)c1. The summed E-state index contributed by atoms with van der Waals surface area (Å²) in [7, 11) is 0. The van der Waals surface area contributed by atoms with Crippen molar-refractivity contribution >= 4 is 0 Å². The molecule has 0 aliphatic heterocycles. The van der Waals surface area contributed by atoms with E-state index in [1.54, 1.807) is 0 Å². The Bertz CT molecular complexity index is 567. The lowest BCUT2D eigenvalue weighted by molar-refractivity contribution is 0.419. The molecule has 1 fully saturated rings. The van der Waals surface area contributed by atoms with Crippen LogP contribution < -0.4 is 5.73 Å². The molecule has 2 aromatic carbocycles. The van der Waals surface area contributed by atoms with E-state index in [1.807, 2.05) is 0 Å². The summed E-state index contributed by atoms with van der Waals surface area (Å²) in [5.41, 5.74) is 11.7. The molecule has 0 heterocycles. The molecule has 0 bridgehead atoms. The Hall–Kier alpha value is -1.60. The average Bonchev–Trinajstić information content (AvgIpc) is 2.37. The van der Waals surface area contributed by atoms with Gasteiger partial charge in [0.25, 0.3) is 0 Å². The first-order chi connectivity index (χ1) is 9.72. The molecule has 1 heteroatoms. The summed E-state index contributed by atoms with van der Waals surface area (Å²) in [4.78, 5) is 0. The molecule has 3 rings (SSSR count). The minimum atomic E-state index is 0.0900. The van der Waals surface area contributed by atoms with Crippen LogP contribution in [0.4, 0.5) is 0 Å². The summed E-state index contributed by atoms with van der Waals surface area (Å²) < 4.78 is 0. The highest BCUT2D eigenvalue weighted by atomic mass is 14.6.